The number of hydrogen-bond acceptors (Lipinski definition) is 5. The topological polar surface area (TPSA) is 73.9 Å². The van der Waals surface area contributed by atoms with Gasteiger partial charge in [-0.1, -0.05) is 98.3 Å². The third kappa shape index (κ3) is 11.5. The molecule has 0 saturated carbocycles. The Hall–Kier alpha value is -3.94. The maximum absolute atomic E-state index is 14.0. The zero-order chi connectivity index (χ0) is 32.0. The number of carbonyl (C=O) groups excluding carboxylic acids is 2. The van der Waals surface area contributed by atoms with Crippen molar-refractivity contribution in [2.24, 2.45) is 5.92 Å². The second kappa shape index (κ2) is 17.5. The number of hydrogen-bond donors (Lipinski definition) is 2. The van der Waals surface area contributed by atoms with Gasteiger partial charge < -0.3 is 20.3 Å². The minimum absolute atomic E-state index is 0.0280. The Kier molecular flexibility index (Phi) is 13.2. The van der Waals surface area contributed by atoms with Gasteiger partial charge in [0.15, 0.2) is 0 Å². The number of allylic oxidation sites excluding steroid dienone is 1. The van der Waals surface area contributed by atoms with Crippen LogP contribution < -0.4 is 15.4 Å². The van der Waals surface area contributed by atoms with Gasteiger partial charge in [-0.3, -0.25) is 14.5 Å². The van der Waals surface area contributed by atoms with Gasteiger partial charge in [0.2, 0.25) is 11.8 Å². The number of ether oxygens (including phenoxy) is 1. The first kappa shape index (κ1) is 33.9. The summed E-state index contributed by atoms with van der Waals surface area (Å²) in [4.78, 5) is 32.0. The molecule has 7 nitrogen and oxygen atoms in total. The molecule has 0 aliphatic carbocycles. The smallest absolute Gasteiger partial charge is 0.245 e. The van der Waals surface area contributed by atoms with E-state index in [9.17, 15) is 9.59 Å². The summed E-state index contributed by atoms with van der Waals surface area (Å²) in [6.45, 7) is 13.2. The Morgan fingerprint density at radius 1 is 0.800 bits per heavy atom. The Morgan fingerprint density at radius 3 is 2.02 bits per heavy atom. The molecule has 2 atom stereocenters. The van der Waals surface area contributed by atoms with Gasteiger partial charge in [-0.25, -0.2) is 0 Å². The monoisotopic (exact) mass is 610 g/mol. The standard InChI is InChI=1S/C38H50N4O3/c1-29(2)19-20-39-35(25-30(3)4)37(43)40-36(26-31-15-17-34(18-16-31)45-28-33-13-9-6-10-14-33)38(44)42-23-21-41(22-24-42)27-32-11-7-5-8-12-32/h5-19,30,35-36,39H,20-28H2,1-4H3,(H,40,43)/t35-,36-/m0/s1. The molecule has 45 heavy (non-hydrogen) atoms. The lowest BCUT2D eigenvalue weighted by atomic mass is 10.0. The van der Waals surface area contributed by atoms with Crippen molar-refractivity contribution in [2.45, 2.75) is 65.8 Å². The van der Waals surface area contributed by atoms with Crippen LogP contribution in [0.5, 0.6) is 5.75 Å². The predicted octanol–water partition coefficient (Wildman–Crippen LogP) is 5.61. The van der Waals surface area contributed by atoms with E-state index in [2.05, 4.69) is 59.7 Å². The number of carbonyl (C=O) groups is 2. The summed E-state index contributed by atoms with van der Waals surface area (Å²) in [7, 11) is 0. The van der Waals surface area contributed by atoms with Crippen molar-refractivity contribution >= 4 is 11.8 Å². The number of amides is 2. The fourth-order valence-electron chi connectivity index (χ4n) is 5.52. The van der Waals surface area contributed by atoms with Crippen LogP contribution in [-0.2, 0) is 29.2 Å². The molecule has 2 N–H and O–H groups in total. The van der Waals surface area contributed by atoms with Gasteiger partial charge in [-0.2, -0.15) is 0 Å². The second-order valence-corrected chi connectivity index (χ2v) is 12.6. The highest BCUT2D eigenvalue weighted by Gasteiger charge is 2.31. The minimum atomic E-state index is -0.658. The van der Waals surface area contributed by atoms with Crippen molar-refractivity contribution in [2.75, 3.05) is 32.7 Å². The summed E-state index contributed by atoms with van der Waals surface area (Å²) < 4.78 is 5.97. The average molecular weight is 611 g/mol. The zero-order valence-electron chi connectivity index (χ0n) is 27.4. The molecule has 0 radical (unpaired) electrons. The van der Waals surface area contributed by atoms with Gasteiger partial charge in [0, 0.05) is 45.7 Å². The van der Waals surface area contributed by atoms with E-state index in [1.54, 1.807) is 0 Å². The Labute approximate surface area is 269 Å². The molecule has 0 spiro atoms. The first-order valence-corrected chi connectivity index (χ1v) is 16.2. The lowest BCUT2D eigenvalue weighted by molar-refractivity contribution is -0.138. The van der Waals surface area contributed by atoms with Gasteiger partial charge in [0.25, 0.3) is 0 Å². The van der Waals surface area contributed by atoms with E-state index in [1.807, 2.05) is 79.4 Å². The molecule has 3 aromatic carbocycles. The van der Waals surface area contributed by atoms with E-state index >= 15 is 0 Å². The van der Waals surface area contributed by atoms with E-state index in [4.69, 9.17) is 4.74 Å². The number of rotatable bonds is 15. The molecule has 0 bridgehead atoms. The molecule has 2 amide bonds. The van der Waals surface area contributed by atoms with Gasteiger partial charge in [0.05, 0.1) is 6.04 Å². The van der Waals surface area contributed by atoms with E-state index in [1.165, 1.54) is 11.1 Å². The van der Waals surface area contributed by atoms with E-state index in [-0.39, 0.29) is 17.9 Å². The molecular weight excluding hydrogens is 560 g/mol. The van der Waals surface area contributed by atoms with Crippen LogP contribution in [0.15, 0.2) is 96.6 Å². The lowest BCUT2D eigenvalue weighted by Gasteiger charge is -2.37. The summed E-state index contributed by atoms with van der Waals surface area (Å²) in [6.07, 6.45) is 3.19. The van der Waals surface area contributed by atoms with Crippen molar-refractivity contribution in [3.05, 3.63) is 113 Å². The molecule has 1 fully saturated rings. The molecule has 7 heteroatoms. The van der Waals surface area contributed by atoms with Gasteiger partial charge in [-0.15, -0.1) is 0 Å². The summed E-state index contributed by atoms with van der Waals surface area (Å²) in [6, 6.07) is 27.3. The quantitative estimate of drug-likeness (QED) is 0.219. The van der Waals surface area contributed by atoms with E-state index < -0.39 is 6.04 Å². The predicted molar refractivity (Wildman–Crippen MR) is 182 cm³/mol. The number of nitrogens with zero attached hydrogens (tertiary/aromatic N) is 2. The molecule has 240 valence electrons. The van der Waals surface area contributed by atoms with E-state index in [0.29, 0.717) is 45.0 Å². The highest BCUT2D eigenvalue weighted by molar-refractivity contribution is 5.90. The third-order valence-electron chi connectivity index (χ3n) is 8.06. The van der Waals surface area contributed by atoms with Crippen LogP contribution in [0.3, 0.4) is 0 Å². The molecule has 1 saturated heterocycles. The molecule has 1 aliphatic rings. The number of benzene rings is 3. The third-order valence-corrected chi connectivity index (χ3v) is 8.06. The van der Waals surface area contributed by atoms with Crippen molar-refractivity contribution in [3.8, 4) is 5.75 Å². The van der Waals surface area contributed by atoms with Crippen molar-refractivity contribution in [3.63, 3.8) is 0 Å². The number of piperazine rings is 1. The zero-order valence-corrected chi connectivity index (χ0v) is 27.4. The summed E-state index contributed by atoms with van der Waals surface area (Å²) >= 11 is 0. The molecular formula is C38H50N4O3. The fourth-order valence-corrected chi connectivity index (χ4v) is 5.52. The Balaban J connectivity index is 1.43. The normalized spacial score (nSPS) is 14.9. The van der Waals surface area contributed by atoms with Gasteiger partial charge >= 0.3 is 0 Å². The van der Waals surface area contributed by atoms with Gasteiger partial charge in [0.1, 0.15) is 18.4 Å². The van der Waals surface area contributed by atoms with Crippen molar-refractivity contribution in [1.82, 2.24) is 20.4 Å². The molecule has 0 unspecified atom stereocenters. The van der Waals surface area contributed by atoms with E-state index in [0.717, 1.165) is 36.5 Å². The first-order valence-electron chi connectivity index (χ1n) is 16.2. The van der Waals surface area contributed by atoms with Gasteiger partial charge in [-0.05, 0) is 55.0 Å². The number of nitrogens with one attached hydrogen (secondary N) is 2. The van der Waals surface area contributed by atoms with Crippen LogP contribution in [-0.4, -0.2) is 66.4 Å². The highest BCUT2D eigenvalue weighted by atomic mass is 16.5. The minimum Gasteiger partial charge on any atom is -0.489 e. The first-order chi connectivity index (χ1) is 21.8. The van der Waals surface area contributed by atoms with Crippen LogP contribution in [0.1, 0.15) is 50.8 Å². The Morgan fingerprint density at radius 2 is 1.42 bits per heavy atom. The van der Waals surface area contributed by atoms with Crippen molar-refractivity contribution < 1.29 is 14.3 Å². The molecule has 0 aromatic heterocycles. The maximum atomic E-state index is 14.0. The lowest BCUT2D eigenvalue weighted by Crippen LogP contribution is -2.57. The highest BCUT2D eigenvalue weighted by Crippen LogP contribution is 2.17. The van der Waals surface area contributed by atoms with Crippen LogP contribution in [0, 0.1) is 5.92 Å². The molecule has 1 heterocycles. The maximum Gasteiger partial charge on any atom is 0.245 e. The van der Waals surface area contributed by atoms with Crippen LogP contribution in [0.4, 0.5) is 0 Å². The van der Waals surface area contributed by atoms with Crippen LogP contribution in [0.2, 0.25) is 0 Å². The van der Waals surface area contributed by atoms with Crippen LogP contribution in [0.25, 0.3) is 0 Å². The largest absolute Gasteiger partial charge is 0.489 e. The second-order valence-electron chi connectivity index (χ2n) is 12.6. The molecule has 3 aromatic rings. The summed E-state index contributed by atoms with van der Waals surface area (Å²) in [5.41, 5.74) is 4.55. The SMILES string of the molecule is CC(C)=CCN[C@@H](CC(C)C)C(=O)N[C@@H](Cc1ccc(OCc2ccccc2)cc1)C(=O)N1CCN(Cc2ccccc2)CC1. The molecule has 4 rings (SSSR count). The van der Waals surface area contributed by atoms with Crippen molar-refractivity contribution in [1.29, 1.82) is 0 Å². The molecule has 1 aliphatic heterocycles. The Bertz CT molecular complexity index is 1350. The fraction of sp³-hybridized carbons (Fsp3) is 0.421. The summed E-state index contributed by atoms with van der Waals surface area (Å²) in [5, 5.41) is 6.56. The summed E-state index contributed by atoms with van der Waals surface area (Å²) in [5.74, 6) is 0.939. The average Bonchev–Trinajstić information content (AvgIpc) is 3.04. The van der Waals surface area contributed by atoms with Crippen LogP contribution >= 0.6 is 0 Å².